The minimum absolute atomic E-state index is 0.0405. The Kier molecular flexibility index (Phi) is 78.0. The summed E-state index contributed by atoms with van der Waals surface area (Å²) in [4.78, 5) is 35.4. The summed E-state index contributed by atoms with van der Waals surface area (Å²) in [6.45, 7) is 3.49. The number of carbonyl (C=O) groups is 2. The van der Waals surface area contributed by atoms with Gasteiger partial charge in [0, 0.05) is 19.4 Å². The molecule has 0 saturated carbocycles. The number of hydrogen-bond donors (Lipinski definition) is 2. The second kappa shape index (κ2) is 82.1. The molecule has 99 heavy (non-hydrogen) atoms. The molecule has 0 aliphatic heterocycles. The van der Waals surface area contributed by atoms with Gasteiger partial charge in [-0.05, 0) is 135 Å². The van der Waals surface area contributed by atoms with E-state index in [2.05, 4.69) is 196 Å². The van der Waals surface area contributed by atoms with Crippen molar-refractivity contribution in [3.05, 3.63) is 182 Å². The molecule has 562 valence electrons. The highest BCUT2D eigenvalue weighted by molar-refractivity contribution is 7.47. The van der Waals surface area contributed by atoms with Crippen molar-refractivity contribution in [3.63, 3.8) is 0 Å². The number of hydrogen-bond acceptors (Lipinski definition) is 8. The average Bonchev–Trinajstić information content (AvgIpc) is 1.64. The van der Waals surface area contributed by atoms with Crippen LogP contribution in [0.5, 0.6) is 0 Å². The second-order valence-corrected chi connectivity index (χ2v) is 27.6. The Balaban J connectivity index is 3.89. The van der Waals surface area contributed by atoms with E-state index in [4.69, 9.17) is 24.3 Å². The number of phosphoric acid groups is 1. The van der Waals surface area contributed by atoms with E-state index in [1.54, 1.807) is 0 Å². The monoisotopic (exact) mass is 1390 g/mol. The molecule has 0 spiro atoms. The van der Waals surface area contributed by atoms with Gasteiger partial charge in [0.1, 0.15) is 6.61 Å². The lowest BCUT2D eigenvalue weighted by Crippen LogP contribution is -2.29. The number of rotatable bonds is 74. The van der Waals surface area contributed by atoms with Crippen molar-refractivity contribution in [3.8, 4) is 0 Å². The van der Waals surface area contributed by atoms with Gasteiger partial charge in [-0.3, -0.25) is 18.6 Å². The third-order valence-electron chi connectivity index (χ3n) is 16.8. The van der Waals surface area contributed by atoms with E-state index in [9.17, 15) is 19.0 Å². The van der Waals surface area contributed by atoms with E-state index >= 15 is 0 Å². The molecule has 0 radical (unpaired) electrons. The number of allylic oxidation sites excluding steroid dienone is 30. The Bertz CT molecular complexity index is 2290. The van der Waals surface area contributed by atoms with Crippen LogP contribution in [-0.2, 0) is 32.7 Å². The molecular weight excluding hydrogens is 1240 g/mol. The number of nitrogens with two attached hydrogens (primary N) is 1. The highest BCUT2D eigenvalue weighted by atomic mass is 31.2. The van der Waals surface area contributed by atoms with E-state index in [0.29, 0.717) is 6.42 Å². The molecule has 0 aromatic rings. The number of esters is 2. The molecule has 0 aromatic carbocycles. The van der Waals surface area contributed by atoms with Gasteiger partial charge in [0.2, 0.25) is 0 Å². The molecule has 0 bridgehead atoms. The average molecular weight is 1390 g/mol. The van der Waals surface area contributed by atoms with Gasteiger partial charge in [-0.15, -0.1) is 0 Å². The Hall–Kier alpha value is -4.89. The molecule has 0 rings (SSSR count). The molecule has 0 saturated heterocycles. The fraction of sp³-hybridized carbons (Fsp3) is 0.640. The van der Waals surface area contributed by atoms with Gasteiger partial charge in [-0.1, -0.05) is 369 Å². The first-order valence-corrected chi connectivity index (χ1v) is 41.8. The van der Waals surface area contributed by atoms with Gasteiger partial charge in [0.25, 0.3) is 0 Å². The molecule has 0 fully saturated rings. The summed E-state index contributed by atoms with van der Waals surface area (Å²) in [6, 6.07) is 0. The highest BCUT2D eigenvalue weighted by Gasteiger charge is 2.26. The smallest absolute Gasteiger partial charge is 0.462 e. The first-order chi connectivity index (χ1) is 48.8. The third-order valence-corrected chi connectivity index (χ3v) is 17.8. The predicted molar refractivity (Wildman–Crippen MR) is 431 cm³/mol. The van der Waals surface area contributed by atoms with Crippen LogP contribution in [0.4, 0.5) is 0 Å². The van der Waals surface area contributed by atoms with Crippen LogP contribution in [-0.4, -0.2) is 49.3 Å². The van der Waals surface area contributed by atoms with Crippen LogP contribution in [0.25, 0.3) is 0 Å². The molecule has 0 heterocycles. The third kappa shape index (κ3) is 82.0. The number of unbranched alkanes of at least 4 members (excludes halogenated alkanes) is 31. The summed E-state index contributed by atoms with van der Waals surface area (Å²) in [5, 5.41) is 0. The van der Waals surface area contributed by atoms with Crippen molar-refractivity contribution in [2.24, 2.45) is 5.73 Å². The number of phosphoric ester groups is 1. The molecule has 10 heteroatoms. The second-order valence-electron chi connectivity index (χ2n) is 26.2. The predicted octanol–water partition coefficient (Wildman–Crippen LogP) is 27.4. The summed E-state index contributed by atoms with van der Waals surface area (Å²) >= 11 is 0. The minimum atomic E-state index is -4.42. The lowest BCUT2D eigenvalue weighted by atomic mass is 10.0. The Morgan fingerprint density at radius 2 is 0.525 bits per heavy atom. The maximum atomic E-state index is 12.8. The van der Waals surface area contributed by atoms with Gasteiger partial charge in [0.05, 0.1) is 13.2 Å². The van der Waals surface area contributed by atoms with Crippen molar-refractivity contribution in [1.29, 1.82) is 0 Å². The fourth-order valence-electron chi connectivity index (χ4n) is 10.9. The molecule has 0 aromatic heterocycles. The normalized spacial score (nSPS) is 13.9. The van der Waals surface area contributed by atoms with Crippen molar-refractivity contribution in [1.82, 2.24) is 0 Å². The van der Waals surface area contributed by atoms with E-state index < -0.39 is 32.5 Å². The van der Waals surface area contributed by atoms with Crippen LogP contribution in [0.2, 0.25) is 0 Å². The minimum Gasteiger partial charge on any atom is -0.462 e. The van der Waals surface area contributed by atoms with Crippen LogP contribution >= 0.6 is 7.82 Å². The highest BCUT2D eigenvalue weighted by Crippen LogP contribution is 2.43. The standard InChI is InChI=1S/C89H148NO8P/c1-3-5-7-9-11-13-15-17-19-21-23-25-27-29-31-33-35-37-39-41-42-43-44-46-47-49-51-53-55-57-59-61-63-65-67-69-71-73-75-77-79-81-88(91)95-85-87(86-97-99(93,94)96-84-83-90)98-89(92)82-80-78-76-74-72-70-68-66-64-62-60-58-56-54-52-50-48-45-40-38-36-34-32-30-28-26-24-22-20-18-16-14-12-10-8-6-4-2/h5-8,11-14,17-20,23-26,30,32,36,38,45,48,52,54,58,60,64,66,70,72,87H,3-4,9-10,15-16,21-22,27-29,31,33-35,37,39-44,46-47,49-51,53,55-57,59,61-63,65,67-69,71,73-86,90H2,1-2H3,(H,93,94)/b7-5-,8-6-,13-11-,14-12-,19-17-,20-18-,25-23-,26-24-,32-30-,38-36-,48-45-,54-52-,60-58-,66-64-,72-70-. The topological polar surface area (TPSA) is 134 Å². The lowest BCUT2D eigenvalue weighted by Gasteiger charge is -2.19. The van der Waals surface area contributed by atoms with Crippen LogP contribution < -0.4 is 5.73 Å². The van der Waals surface area contributed by atoms with Gasteiger partial charge in [-0.25, -0.2) is 4.57 Å². The largest absolute Gasteiger partial charge is 0.472 e. The number of carbonyl (C=O) groups excluding carboxylic acids is 2. The Morgan fingerprint density at radius 3 is 0.788 bits per heavy atom. The zero-order chi connectivity index (χ0) is 71.5. The summed E-state index contributed by atoms with van der Waals surface area (Å²) in [6.07, 6.45) is 123. The molecular formula is C89H148NO8P. The zero-order valence-electron chi connectivity index (χ0n) is 63.4. The Morgan fingerprint density at radius 1 is 0.303 bits per heavy atom. The van der Waals surface area contributed by atoms with Crippen LogP contribution in [0.15, 0.2) is 182 Å². The van der Waals surface area contributed by atoms with Crippen LogP contribution in [0.1, 0.15) is 335 Å². The maximum Gasteiger partial charge on any atom is 0.472 e. The van der Waals surface area contributed by atoms with Crippen molar-refractivity contribution < 1.29 is 37.6 Å². The van der Waals surface area contributed by atoms with Crippen molar-refractivity contribution in [2.75, 3.05) is 26.4 Å². The summed E-state index contributed by atoms with van der Waals surface area (Å²) in [7, 11) is -4.42. The molecule has 3 N–H and O–H groups in total. The Labute approximate surface area is 609 Å². The molecule has 2 unspecified atom stereocenters. The van der Waals surface area contributed by atoms with Gasteiger partial charge < -0.3 is 20.1 Å². The van der Waals surface area contributed by atoms with Crippen LogP contribution in [0, 0.1) is 0 Å². The van der Waals surface area contributed by atoms with Gasteiger partial charge >= 0.3 is 19.8 Å². The van der Waals surface area contributed by atoms with E-state index in [1.165, 1.54) is 167 Å². The zero-order valence-corrected chi connectivity index (χ0v) is 64.3. The van der Waals surface area contributed by atoms with Crippen molar-refractivity contribution in [2.45, 2.75) is 341 Å². The SMILES string of the molecule is CC/C=C\C/C=C\C/C=C\C/C=C\C/C=C\C/C=C\C/C=C\C/C=C\C/C=C\C/C=C\C/C=C\CCCCCC(=O)OC(COC(=O)CCCCCCCCCCCCCCCCCCCCCCCCCCCCCC/C=C\C/C=C\C/C=C\C/C=C\CC)COP(=O)(O)OCCN. The van der Waals surface area contributed by atoms with E-state index in [0.717, 1.165) is 135 Å². The first-order valence-electron chi connectivity index (χ1n) is 40.3. The maximum absolute atomic E-state index is 12.8. The molecule has 0 aliphatic carbocycles. The van der Waals surface area contributed by atoms with Gasteiger partial charge in [-0.2, -0.15) is 0 Å². The van der Waals surface area contributed by atoms with E-state index in [1.807, 2.05) is 0 Å². The summed E-state index contributed by atoms with van der Waals surface area (Å²) < 4.78 is 33.2. The first kappa shape index (κ1) is 94.1. The summed E-state index contributed by atoms with van der Waals surface area (Å²) in [5.41, 5.74) is 5.41. The lowest BCUT2D eigenvalue weighted by molar-refractivity contribution is -0.161. The molecule has 2 atom stereocenters. The fourth-order valence-corrected chi connectivity index (χ4v) is 11.7. The van der Waals surface area contributed by atoms with E-state index in [-0.39, 0.29) is 32.6 Å². The van der Waals surface area contributed by atoms with Crippen LogP contribution in [0.3, 0.4) is 0 Å². The quantitative estimate of drug-likeness (QED) is 0.0264. The molecule has 0 amide bonds. The van der Waals surface area contributed by atoms with Crippen molar-refractivity contribution >= 4 is 19.8 Å². The summed E-state index contributed by atoms with van der Waals surface area (Å²) in [5.74, 6) is -0.866. The molecule has 0 aliphatic rings. The molecule has 9 nitrogen and oxygen atoms in total. The van der Waals surface area contributed by atoms with Gasteiger partial charge in [0.15, 0.2) is 6.10 Å². The number of ether oxygens (including phenoxy) is 2.